The van der Waals surface area contributed by atoms with E-state index < -0.39 is 0 Å². The molecule has 0 radical (unpaired) electrons. The fourth-order valence-corrected chi connectivity index (χ4v) is 0.978. The number of halogens is 1. The standard InChI is InChI=1S/C6H5IN2O2/c1-4(10)11-5-2-6(7)9-8-3-5/h2-3H,1H3. The molecule has 4 nitrogen and oxygen atoms in total. The lowest BCUT2D eigenvalue weighted by molar-refractivity contribution is -0.131. The maximum absolute atomic E-state index is 10.5. The van der Waals surface area contributed by atoms with E-state index >= 15 is 0 Å². The molecular weight excluding hydrogens is 259 g/mol. The van der Waals surface area contributed by atoms with Gasteiger partial charge in [0.25, 0.3) is 0 Å². The molecular formula is C6H5IN2O2. The van der Waals surface area contributed by atoms with Crippen molar-refractivity contribution in [3.8, 4) is 5.75 Å². The zero-order chi connectivity index (χ0) is 8.27. The third-order valence-electron chi connectivity index (χ3n) is 0.861. The molecule has 5 heteroatoms. The topological polar surface area (TPSA) is 52.1 Å². The minimum Gasteiger partial charge on any atom is -0.425 e. The van der Waals surface area contributed by atoms with E-state index in [1.165, 1.54) is 13.1 Å². The minimum atomic E-state index is -0.353. The van der Waals surface area contributed by atoms with Crippen LogP contribution in [0.1, 0.15) is 6.92 Å². The van der Waals surface area contributed by atoms with Gasteiger partial charge in [0.15, 0.2) is 5.75 Å². The highest BCUT2D eigenvalue weighted by atomic mass is 127. The van der Waals surface area contributed by atoms with Gasteiger partial charge in [-0.3, -0.25) is 4.79 Å². The lowest BCUT2D eigenvalue weighted by atomic mass is 10.5. The first-order valence-corrected chi connectivity index (χ1v) is 3.93. The maximum atomic E-state index is 10.5. The van der Waals surface area contributed by atoms with Crippen molar-refractivity contribution < 1.29 is 9.53 Å². The molecule has 0 aliphatic carbocycles. The molecule has 11 heavy (non-hydrogen) atoms. The van der Waals surface area contributed by atoms with Crippen molar-refractivity contribution in [2.45, 2.75) is 6.92 Å². The van der Waals surface area contributed by atoms with Crippen molar-refractivity contribution in [1.82, 2.24) is 10.2 Å². The molecule has 0 saturated heterocycles. The lowest BCUT2D eigenvalue weighted by Crippen LogP contribution is -2.02. The van der Waals surface area contributed by atoms with E-state index in [1.807, 2.05) is 22.6 Å². The Balaban J connectivity index is 2.79. The summed E-state index contributed by atoms with van der Waals surface area (Å²) >= 11 is 1.99. The third kappa shape index (κ3) is 2.79. The van der Waals surface area contributed by atoms with Crippen LogP contribution in [-0.2, 0) is 4.79 Å². The number of rotatable bonds is 1. The Morgan fingerprint density at radius 3 is 3.00 bits per heavy atom. The van der Waals surface area contributed by atoms with E-state index in [2.05, 4.69) is 10.2 Å². The van der Waals surface area contributed by atoms with E-state index in [-0.39, 0.29) is 5.97 Å². The molecule has 0 saturated carbocycles. The predicted octanol–water partition coefficient (Wildman–Crippen LogP) is 1.01. The number of hydrogen-bond acceptors (Lipinski definition) is 4. The van der Waals surface area contributed by atoms with Gasteiger partial charge in [-0.05, 0) is 22.6 Å². The molecule has 0 N–H and O–H groups in total. The highest BCUT2D eigenvalue weighted by molar-refractivity contribution is 14.1. The van der Waals surface area contributed by atoms with Crippen LogP contribution in [0.3, 0.4) is 0 Å². The van der Waals surface area contributed by atoms with Crippen LogP contribution in [0, 0.1) is 3.70 Å². The molecule has 0 aromatic carbocycles. The largest absolute Gasteiger partial charge is 0.425 e. The Kier molecular flexibility index (Phi) is 2.75. The zero-order valence-electron chi connectivity index (χ0n) is 5.74. The quantitative estimate of drug-likeness (QED) is 0.561. The Bertz CT molecular complexity index is 277. The van der Waals surface area contributed by atoms with Crippen molar-refractivity contribution in [3.05, 3.63) is 16.0 Å². The Hall–Kier alpha value is -0.720. The number of carbonyl (C=O) groups excluding carboxylic acids is 1. The van der Waals surface area contributed by atoms with E-state index in [0.717, 1.165) is 0 Å². The van der Waals surface area contributed by atoms with Crippen LogP contribution in [0.5, 0.6) is 5.75 Å². The van der Waals surface area contributed by atoms with Crippen LogP contribution in [0.4, 0.5) is 0 Å². The normalized spacial score (nSPS) is 9.27. The Labute approximate surface area is 77.1 Å². The van der Waals surface area contributed by atoms with Crippen LogP contribution in [-0.4, -0.2) is 16.2 Å². The summed E-state index contributed by atoms with van der Waals surface area (Å²) in [5.74, 6) is 0.0747. The molecule has 1 aromatic rings. The van der Waals surface area contributed by atoms with Gasteiger partial charge >= 0.3 is 5.97 Å². The second-order valence-corrected chi connectivity index (χ2v) is 2.91. The fraction of sp³-hybridized carbons (Fsp3) is 0.167. The molecule has 1 aromatic heterocycles. The summed E-state index contributed by atoms with van der Waals surface area (Å²) < 4.78 is 5.44. The predicted molar refractivity (Wildman–Crippen MR) is 46.1 cm³/mol. The molecule has 58 valence electrons. The van der Waals surface area contributed by atoms with Crippen molar-refractivity contribution in [2.24, 2.45) is 0 Å². The molecule has 0 spiro atoms. The molecule has 1 rings (SSSR count). The van der Waals surface area contributed by atoms with Gasteiger partial charge in [-0.1, -0.05) is 0 Å². The SMILES string of the molecule is CC(=O)Oc1cnnc(I)c1. The van der Waals surface area contributed by atoms with Gasteiger partial charge in [0.05, 0.1) is 6.20 Å². The summed E-state index contributed by atoms with van der Waals surface area (Å²) in [6.07, 6.45) is 1.39. The summed E-state index contributed by atoms with van der Waals surface area (Å²) in [5, 5.41) is 7.30. The highest BCUT2D eigenvalue weighted by Gasteiger charge is 1.98. The van der Waals surface area contributed by atoms with E-state index in [0.29, 0.717) is 9.45 Å². The number of aromatic nitrogens is 2. The summed E-state index contributed by atoms with van der Waals surface area (Å²) in [4.78, 5) is 10.5. The molecule has 0 amide bonds. The summed E-state index contributed by atoms with van der Waals surface area (Å²) in [5.41, 5.74) is 0. The van der Waals surface area contributed by atoms with Gasteiger partial charge in [0, 0.05) is 13.0 Å². The van der Waals surface area contributed by atoms with Crippen LogP contribution in [0.15, 0.2) is 12.3 Å². The minimum absolute atomic E-state index is 0.353. The first-order chi connectivity index (χ1) is 5.18. The number of carbonyl (C=O) groups is 1. The molecule has 0 bridgehead atoms. The first kappa shape index (κ1) is 8.38. The maximum Gasteiger partial charge on any atom is 0.308 e. The van der Waals surface area contributed by atoms with Crippen LogP contribution in [0.25, 0.3) is 0 Å². The number of nitrogens with zero attached hydrogens (tertiary/aromatic N) is 2. The van der Waals surface area contributed by atoms with Crippen molar-refractivity contribution in [3.63, 3.8) is 0 Å². The van der Waals surface area contributed by atoms with Gasteiger partial charge < -0.3 is 4.74 Å². The Morgan fingerprint density at radius 1 is 1.73 bits per heavy atom. The van der Waals surface area contributed by atoms with Crippen LogP contribution < -0.4 is 4.74 Å². The van der Waals surface area contributed by atoms with Gasteiger partial charge in [-0.15, -0.1) is 5.10 Å². The number of ether oxygens (including phenoxy) is 1. The molecule has 0 unspecified atom stereocenters. The highest BCUT2D eigenvalue weighted by Crippen LogP contribution is 2.10. The summed E-state index contributed by atoms with van der Waals surface area (Å²) in [6, 6.07) is 1.63. The van der Waals surface area contributed by atoms with E-state index in [9.17, 15) is 4.79 Å². The second kappa shape index (κ2) is 3.61. The first-order valence-electron chi connectivity index (χ1n) is 2.85. The van der Waals surface area contributed by atoms with Crippen molar-refractivity contribution >= 4 is 28.6 Å². The number of hydrogen-bond donors (Lipinski definition) is 0. The van der Waals surface area contributed by atoms with Crippen LogP contribution in [0.2, 0.25) is 0 Å². The lowest BCUT2D eigenvalue weighted by Gasteiger charge is -1.97. The molecule has 0 atom stereocenters. The Morgan fingerprint density at radius 2 is 2.45 bits per heavy atom. The van der Waals surface area contributed by atoms with E-state index in [1.54, 1.807) is 6.07 Å². The average Bonchev–Trinajstić information content (AvgIpc) is 1.85. The molecule has 0 aliphatic heterocycles. The summed E-state index contributed by atoms with van der Waals surface area (Å²) in [7, 11) is 0. The van der Waals surface area contributed by atoms with Gasteiger partial charge in [-0.25, -0.2) is 0 Å². The molecule has 0 aliphatic rings. The van der Waals surface area contributed by atoms with E-state index in [4.69, 9.17) is 4.74 Å². The molecule has 1 heterocycles. The zero-order valence-corrected chi connectivity index (χ0v) is 7.90. The summed E-state index contributed by atoms with van der Waals surface area (Å²) in [6.45, 7) is 1.34. The number of esters is 1. The monoisotopic (exact) mass is 264 g/mol. The fourth-order valence-electron chi connectivity index (χ4n) is 0.546. The average molecular weight is 264 g/mol. The smallest absolute Gasteiger partial charge is 0.308 e. The van der Waals surface area contributed by atoms with Crippen molar-refractivity contribution in [2.75, 3.05) is 0 Å². The second-order valence-electron chi connectivity index (χ2n) is 1.81. The molecule has 0 fully saturated rings. The van der Waals surface area contributed by atoms with Gasteiger partial charge in [-0.2, -0.15) is 5.10 Å². The van der Waals surface area contributed by atoms with Crippen LogP contribution >= 0.6 is 22.6 Å². The van der Waals surface area contributed by atoms with Gasteiger partial charge in [0.1, 0.15) is 3.70 Å². The third-order valence-corrected chi connectivity index (χ3v) is 1.39. The van der Waals surface area contributed by atoms with Crippen molar-refractivity contribution in [1.29, 1.82) is 0 Å². The van der Waals surface area contributed by atoms with Gasteiger partial charge in [0.2, 0.25) is 0 Å².